The van der Waals surface area contributed by atoms with Gasteiger partial charge in [0.25, 0.3) is 0 Å². The molecule has 0 radical (unpaired) electrons. The van der Waals surface area contributed by atoms with Gasteiger partial charge < -0.3 is 68.5 Å². The summed E-state index contributed by atoms with van der Waals surface area (Å²) < 4.78 is 46.2. The van der Waals surface area contributed by atoms with Crippen molar-refractivity contribution >= 4 is 18.0 Å². The van der Waals surface area contributed by atoms with Crippen molar-refractivity contribution in [2.45, 2.75) is 99.4 Å². The summed E-state index contributed by atoms with van der Waals surface area (Å²) >= 11 is 0. The van der Waals surface area contributed by atoms with Crippen LogP contribution in [0.25, 0.3) is 6.08 Å². The van der Waals surface area contributed by atoms with E-state index in [1.54, 1.807) is 31.2 Å². The van der Waals surface area contributed by atoms with Gasteiger partial charge >= 0.3 is 11.9 Å². The van der Waals surface area contributed by atoms with Crippen LogP contribution in [0.1, 0.15) is 19.4 Å². The number of carbonyl (C=O) groups excluding carboxylic acids is 2. The highest BCUT2D eigenvalue weighted by Gasteiger charge is 2.77. The Balaban J connectivity index is 1.16. The van der Waals surface area contributed by atoms with E-state index in [9.17, 15) is 40.2 Å². The second-order valence-electron chi connectivity index (χ2n) is 12.4. The van der Waals surface area contributed by atoms with E-state index < -0.39 is 122 Å². The van der Waals surface area contributed by atoms with Crippen LogP contribution in [0.15, 0.2) is 48.7 Å². The number of aliphatic hydroxyl groups is 6. The quantitative estimate of drug-likeness (QED) is 0.0900. The molecule has 1 aromatic rings. The van der Waals surface area contributed by atoms with Gasteiger partial charge in [0.2, 0.25) is 6.29 Å². The number of benzene rings is 1. The van der Waals surface area contributed by atoms with Gasteiger partial charge in [-0.3, -0.25) is 4.79 Å². The summed E-state index contributed by atoms with van der Waals surface area (Å²) in [6.45, 7) is 1.57. The van der Waals surface area contributed by atoms with E-state index >= 15 is 0 Å². The Morgan fingerprint density at radius 1 is 0.875 bits per heavy atom. The maximum Gasteiger partial charge on any atom is 0.331 e. The van der Waals surface area contributed by atoms with E-state index in [0.717, 1.165) is 12.5 Å². The van der Waals surface area contributed by atoms with Crippen LogP contribution in [0.4, 0.5) is 0 Å². The van der Waals surface area contributed by atoms with Crippen LogP contribution >= 0.6 is 0 Å². The fourth-order valence-corrected chi connectivity index (χ4v) is 6.96. The van der Waals surface area contributed by atoms with Gasteiger partial charge in [-0.15, -0.1) is 0 Å². The standard InChI is InChI=1S/C32H40O16/c1-14-25(45-19(36)9-8-16-6-4-3-5-7-16)27(43-15(2)35)24(40)31(42-14)46-26-17-10-11-41-29(20(17)32(13-34)28(26)48-32)47-30-23(39)22(38)21(37)18(12-33)44-30/h3-11,14,17-18,20-31,33-34,37-40H,12-13H2,1-2H3/b9-8+/t14-,17?,18+,20?,21+,22-,23+,24-,25-,26-,27-,28-,29-,30-,31-,32+/m0/s1. The van der Waals surface area contributed by atoms with Gasteiger partial charge in [-0.2, -0.15) is 0 Å². The molecule has 4 heterocycles. The minimum atomic E-state index is -1.70. The molecule has 6 N–H and O–H groups in total. The predicted molar refractivity (Wildman–Crippen MR) is 157 cm³/mol. The lowest BCUT2D eigenvalue weighted by Gasteiger charge is -2.44. The number of esters is 2. The average molecular weight is 681 g/mol. The number of aliphatic hydroxyl groups excluding tert-OH is 6. The number of fused-ring (bicyclic) bond motifs is 3. The minimum Gasteiger partial charge on any atom is -0.472 e. The molecule has 5 aliphatic rings. The van der Waals surface area contributed by atoms with Crippen molar-refractivity contribution in [2.24, 2.45) is 11.8 Å². The summed E-state index contributed by atoms with van der Waals surface area (Å²) in [6, 6.07) is 9.04. The van der Waals surface area contributed by atoms with Crippen LogP contribution in [0.5, 0.6) is 0 Å². The second-order valence-corrected chi connectivity index (χ2v) is 12.4. The Labute approximate surface area is 275 Å². The van der Waals surface area contributed by atoms with Crippen LogP contribution in [0.2, 0.25) is 0 Å². The van der Waals surface area contributed by atoms with Crippen LogP contribution in [-0.4, -0.2) is 141 Å². The van der Waals surface area contributed by atoms with Gasteiger partial charge in [-0.25, -0.2) is 4.79 Å². The lowest BCUT2D eigenvalue weighted by molar-refractivity contribution is -0.347. The maximum absolute atomic E-state index is 12.7. The summed E-state index contributed by atoms with van der Waals surface area (Å²) in [4.78, 5) is 24.8. The van der Waals surface area contributed by atoms with E-state index in [2.05, 4.69) is 0 Å². The van der Waals surface area contributed by atoms with Gasteiger partial charge in [0.05, 0.1) is 37.6 Å². The van der Waals surface area contributed by atoms with Crippen LogP contribution in [0, 0.1) is 11.8 Å². The van der Waals surface area contributed by atoms with Crippen LogP contribution in [0.3, 0.4) is 0 Å². The molecule has 4 aliphatic heterocycles. The first-order valence-electron chi connectivity index (χ1n) is 15.7. The number of hydrogen-bond acceptors (Lipinski definition) is 16. The molecule has 2 unspecified atom stereocenters. The molecular formula is C32H40O16. The third-order valence-corrected chi connectivity index (χ3v) is 9.41. The van der Waals surface area contributed by atoms with Crippen molar-refractivity contribution in [1.82, 2.24) is 0 Å². The number of ether oxygens (including phenoxy) is 8. The lowest BCUT2D eigenvalue weighted by Crippen LogP contribution is -2.61. The van der Waals surface area contributed by atoms with E-state index in [0.29, 0.717) is 0 Å². The Bertz CT molecular complexity index is 1350. The summed E-state index contributed by atoms with van der Waals surface area (Å²) in [5.41, 5.74) is -0.478. The van der Waals surface area contributed by atoms with Gasteiger partial charge in [0.1, 0.15) is 42.2 Å². The van der Waals surface area contributed by atoms with Crippen molar-refractivity contribution in [1.29, 1.82) is 0 Å². The summed E-state index contributed by atoms with van der Waals surface area (Å²) in [7, 11) is 0. The monoisotopic (exact) mass is 680 g/mol. The molecule has 16 atom stereocenters. The first kappa shape index (κ1) is 34.8. The number of epoxide rings is 1. The van der Waals surface area contributed by atoms with Gasteiger partial charge in [-0.05, 0) is 24.6 Å². The highest BCUT2D eigenvalue weighted by Crippen LogP contribution is 2.61. The molecule has 6 rings (SSSR count). The molecule has 48 heavy (non-hydrogen) atoms. The SMILES string of the molecule is CC(=O)O[C@H]1[C@H](O)[C@H](O[C@H]2C3C=CO[C@@H](O[C@@H]4O[C@H](CO)[C@@H](O)[C@H](O)[C@H]4O)C3[C@@]3(CO)O[C@@H]23)O[C@@H](C)[C@@H]1OC(=O)/C=C/c1ccccc1. The molecule has 4 fully saturated rings. The smallest absolute Gasteiger partial charge is 0.331 e. The molecule has 1 aliphatic carbocycles. The fourth-order valence-electron chi connectivity index (χ4n) is 6.96. The van der Waals surface area contributed by atoms with E-state index in [-0.39, 0.29) is 0 Å². The summed E-state index contributed by atoms with van der Waals surface area (Å²) in [5.74, 6) is -2.82. The van der Waals surface area contributed by atoms with Crippen molar-refractivity contribution in [3.63, 3.8) is 0 Å². The normalized spacial score (nSPS) is 44.8. The van der Waals surface area contributed by atoms with Gasteiger partial charge in [0.15, 0.2) is 24.8 Å². The first-order chi connectivity index (χ1) is 23.0. The third-order valence-electron chi connectivity index (χ3n) is 9.41. The zero-order valence-corrected chi connectivity index (χ0v) is 26.0. The van der Waals surface area contributed by atoms with E-state index in [1.807, 2.05) is 18.2 Å². The number of rotatable bonds is 10. The van der Waals surface area contributed by atoms with Crippen molar-refractivity contribution in [2.75, 3.05) is 13.2 Å². The first-order valence-corrected chi connectivity index (χ1v) is 15.7. The van der Waals surface area contributed by atoms with Crippen molar-refractivity contribution in [3.8, 4) is 0 Å². The molecule has 16 heteroatoms. The molecular weight excluding hydrogens is 640 g/mol. The molecule has 0 amide bonds. The molecule has 0 bridgehead atoms. The van der Waals surface area contributed by atoms with Gasteiger partial charge in [0, 0.05) is 18.9 Å². The highest BCUT2D eigenvalue weighted by molar-refractivity contribution is 5.87. The summed E-state index contributed by atoms with van der Waals surface area (Å²) in [5, 5.41) is 62.2. The third kappa shape index (κ3) is 6.50. The molecule has 1 aromatic carbocycles. The number of carbonyl (C=O) groups is 2. The molecule has 0 spiro atoms. The maximum atomic E-state index is 12.7. The Morgan fingerprint density at radius 3 is 2.29 bits per heavy atom. The predicted octanol–water partition coefficient (Wildman–Crippen LogP) is -1.90. The largest absolute Gasteiger partial charge is 0.472 e. The Morgan fingerprint density at radius 2 is 1.60 bits per heavy atom. The van der Waals surface area contributed by atoms with E-state index in [1.165, 1.54) is 12.3 Å². The molecule has 0 aromatic heterocycles. The van der Waals surface area contributed by atoms with Gasteiger partial charge in [-0.1, -0.05) is 30.3 Å². The second kappa shape index (κ2) is 14.1. The zero-order chi connectivity index (χ0) is 34.3. The van der Waals surface area contributed by atoms with Crippen molar-refractivity contribution < 1.29 is 78.1 Å². The van der Waals surface area contributed by atoms with Crippen LogP contribution in [-0.2, 0) is 47.5 Å². The van der Waals surface area contributed by atoms with Crippen LogP contribution < -0.4 is 0 Å². The Hall–Kier alpha value is -3.00. The Kier molecular flexibility index (Phi) is 10.2. The topological polar surface area (TPSA) is 233 Å². The molecule has 3 saturated heterocycles. The van der Waals surface area contributed by atoms with Crippen molar-refractivity contribution in [3.05, 3.63) is 54.3 Å². The lowest BCUT2D eigenvalue weighted by atomic mass is 9.85. The average Bonchev–Trinajstić information content (AvgIpc) is 3.75. The number of hydrogen-bond donors (Lipinski definition) is 6. The fraction of sp³-hybridized carbons (Fsp3) is 0.625. The highest BCUT2D eigenvalue weighted by atomic mass is 16.8. The molecule has 16 nitrogen and oxygen atoms in total. The van der Waals surface area contributed by atoms with E-state index in [4.69, 9.17) is 37.9 Å². The summed E-state index contributed by atoms with van der Waals surface area (Å²) in [6.07, 6.45) is -11.3. The zero-order valence-electron chi connectivity index (χ0n) is 26.0. The molecule has 264 valence electrons. The minimum absolute atomic E-state index is 0.487. The molecule has 1 saturated carbocycles.